The fourth-order valence-corrected chi connectivity index (χ4v) is 4.69. The van der Waals surface area contributed by atoms with Crippen LogP contribution in [0.2, 0.25) is 10.0 Å². The SMILES string of the molecule is C[C@H](C(=O)NCCOc1ccc(C(C)(C)C)cc1)N(c1cc(Cl)cc(Cl)c1)S(C)(=O)=O. The number of rotatable bonds is 8. The van der Waals surface area contributed by atoms with Crippen LogP contribution in [0.1, 0.15) is 33.3 Å². The topological polar surface area (TPSA) is 75.7 Å². The second-order valence-electron chi connectivity index (χ2n) is 8.28. The summed E-state index contributed by atoms with van der Waals surface area (Å²) in [6.07, 6.45) is 1.02. The number of halogens is 2. The molecule has 0 saturated heterocycles. The van der Waals surface area contributed by atoms with Gasteiger partial charge >= 0.3 is 0 Å². The molecule has 0 fully saturated rings. The van der Waals surface area contributed by atoms with Crippen molar-refractivity contribution in [2.24, 2.45) is 0 Å². The van der Waals surface area contributed by atoms with Crippen LogP contribution in [0, 0.1) is 0 Å². The molecule has 1 amide bonds. The molecule has 31 heavy (non-hydrogen) atoms. The zero-order valence-corrected chi connectivity index (χ0v) is 20.6. The van der Waals surface area contributed by atoms with Crippen LogP contribution in [0.4, 0.5) is 5.69 Å². The molecule has 2 aromatic carbocycles. The van der Waals surface area contributed by atoms with Gasteiger partial charge in [-0.25, -0.2) is 8.42 Å². The lowest BCUT2D eigenvalue weighted by molar-refractivity contribution is -0.121. The lowest BCUT2D eigenvalue weighted by Gasteiger charge is -2.28. The van der Waals surface area contributed by atoms with Gasteiger partial charge in [0.05, 0.1) is 18.5 Å². The van der Waals surface area contributed by atoms with Gasteiger partial charge in [0.25, 0.3) is 0 Å². The van der Waals surface area contributed by atoms with Crippen molar-refractivity contribution in [2.75, 3.05) is 23.7 Å². The maximum absolute atomic E-state index is 12.6. The Morgan fingerprint density at radius 1 is 1.10 bits per heavy atom. The van der Waals surface area contributed by atoms with E-state index in [0.29, 0.717) is 5.75 Å². The lowest BCUT2D eigenvalue weighted by Crippen LogP contribution is -2.48. The number of carbonyl (C=O) groups excluding carboxylic acids is 1. The smallest absolute Gasteiger partial charge is 0.243 e. The first-order chi connectivity index (χ1) is 14.3. The number of nitrogens with zero attached hydrogens (tertiary/aromatic N) is 1. The van der Waals surface area contributed by atoms with Crippen LogP contribution in [0.25, 0.3) is 0 Å². The van der Waals surface area contributed by atoms with E-state index in [1.54, 1.807) is 0 Å². The van der Waals surface area contributed by atoms with Crippen LogP contribution in [0.5, 0.6) is 5.75 Å². The molecule has 2 aromatic rings. The van der Waals surface area contributed by atoms with E-state index in [-0.39, 0.29) is 34.3 Å². The second kappa shape index (κ2) is 10.1. The molecule has 0 heterocycles. The highest BCUT2D eigenvalue weighted by Crippen LogP contribution is 2.28. The first-order valence-electron chi connectivity index (χ1n) is 9.75. The third kappa shape index (κ3) is 7.30. The number of ether oxygens (including phenoxy) is 1. The largest absolute Gasteiger partial charge is 0.492 e. The fourth-order valence-electron chi connectivity index (χ4n) is 3.02. The average Bonchev–Trinajstić information content (AvgIpc) is 2.62. The van der Waals surface area contributed by atoms with Gasteiger partial charge in [-0.15, -0.1) is 0 Å². The van der Waals surface area contributed by atoms with Crippen molar-refractivity contribution in [3.05, 3.63) is 58.1 Å². The summed E-state index contributed by atoms with van der Waals surface area (Å²) in [5.41, 5.74) is 1.48. The molecule has 0 aliphatic rings. The molecule has 6 nitrogen and oxygen atoms in total. The van der Waals surface area contributed by atoms with Crippen LogP contribution < -0.4 is 14.4 Å². The Morgan fingerprint density at radius 3 is 2.13 bits per heavy atom. The van der Waals surface area contributed by atoms with Gasteiger partial charge in [0, 0.05) is 10.0 Å². The summed E-state index contributed by atoms with van der Waals surface area (Å²) >= 11 is 12.0. The standard InChI is InChI=1S/C22H28Cl2N2O4S/c1-15(26(31(5,28)29)19-13-17(23)12-18(24)14-19)21(27)25-10-11-30-20-8-6-16(7-9-20)22(2,3)4/h6-9,12-15H,10-11H2,1-5H3,(H,25,27)/t15-/m1/s1. The molecule has 9 heteroatoms. The normalized spacial score (nSPS) is 12.9. The van der Waals surface area contributed by atoms with Crippen molar-refractivity contribution in [3.8, 4) is 5.75 Å². The van der Waals surface area contributed by atoms with E-state index in [1.165, 1.54) is 30.7 Å². The predicted molar refractivity (Wildman–Crippen MR) is 127 cm³/mol. The van der Waals surface area contributed by atoms with E-state index in [9.17, 15) is 13.2 Å². The summed E-state index contributed by atoms with van der Waals surface area (Å²) in [7, 11) is -3.76. The minimum Gasteiger partial charge on any atom is -0.492 e. The summed E-state index contributed by atoms with van der Waals surface area (Å²) in [5, 5.41) is 3.25. The Bertz CT molecular complexity index is 999. The van der Waals surface area contributed by atoms with Gasteiger partial charge in [0.1, 0.15) is 18.4 Å². The minimum atomic E-state index is -3.76. The molecule has 0 spiro atoms. The Balaban J connectivity index is 1.98. The van der Waals surface area contributed by atoms with Gasteiger partial charge in [0.15, 0.2) is 0 Å². The molecular weight excluding hydrogens is 459 g/mol. The molecule has 1 N–H and O–H groups in total. The number of nitrogens with one attached hydrogen (secondary N) is 1. The maximum atomic E-state index is 12.6. The van der Waals surface area contributed by atoms with Gasteiger partial charge < -0.3 is 10.1 Å². The van der Waals surface area contributed by atoms with Crippen molar-refractivity contribution in [3.63, 3.8) is 0 Å². The quantitative estimate of drug-likeness (QED) is 0.551. The van der Waals surface area contributed by atoms with Crippen LogP contribution >= 0.6 is 23.2 Å². The number of anilines is 1. The Hall–Kier alpha value is -1.96. The van der Waals surface area contributed by atoms with Gasteiger partial charge in [-0.2, -0.15) is 0 Å². The van der Waals surface area contributed by atoms with E-state index in [2.05, 4.69) is 26.1 Å². The zero-order valence-electron chi connectivity index (χ0n) is 18.3. The second-order valence-corrected chi connectivity index (χ2v) is 11.0. The molecule has 1 atom stereocenters. The van der Waals surface area contributed by atoms with Crippen molar-refractivity contribution < 1.29 is 17.9 Å². The van der Waals surface area contributed by atoms with Gasteiger partial charge in [0.2, 0.25) is 15.9 Å². The zero-order chi connectivity index (χ0) is 23.4. The molecule has 0 aromatic heterocycles. The number of benzene rings is 2. The number of amides is 1. The fraction of sp³-hybridized carbons (Fsp3) is 0.409. The van der Waals surface area contributed by atoms with E-state index >= 15 is 0 Å². The molecule has 2 rings (SSSR count). The molecule has 170 valence electrons. The molecular formula is C22H28Cl2N2O4S. The molecule has 0 aliphatic heterocycles. The number of hydrogen-bond donors (Lipinski definition) is 1. The molecule has 0 bridgehead atoms. The van der Waals surface area contributed by atoms with Gasteiger partial charge in [-0.05, 0) is 48.2 Å². The summed E-state index contributed by atoms with van der Waals surface area (Å²) < 4.78 is 31.4. The Labute approximate surface area is 194 Å². The van der Waals surface area contributed by atoms with Gasteiger partial charge in [-0.3, -0.25) is 9.10 Å². The first kappa shape index (κ1) is 25.3. The Kier molecular flexibility index (Phi) is 8.25. The highest BCUT2D eigenvalue weighted by molar-refractivity contribution is 7.92. The van der Waals surface area contributed by atoms with E-state index in [1.807, 2.05) is 24.3 Å². The minimum absolute atomic E-state index is 0.0569. The number of sulfonamides is 1. The van der Waals surface area contributed by atoms with Gasteiger partial charge in [-0.1, -0.05) is 56.1 Å². The maximum Gasteiger partial charge on any atom is 0.243 e. The molecule has 0 radical (unpaired) electrons. The van der Waals surface area contributed by atoms with Crippen molar-refractivity contribution in [1.82, 2.24) is 5.32 Å². The molecule has 0 aliphatic carbocycles. The molecule has 0 unspecified atom stereocenters. The van der Waals surface area contributed by atoms with Crippen molar-refractivity contribution in [2.45, 2.75) is 39.2 Å². The van der Waals surface area contributed by atoms with E-state index < -0.39 is 22.0 Å². The summed E-state index contributed by atoms with van der Waals surface area (Å²) in [6, 6.07) is 11.2. The lowest BCUT2D eigenvalue weighted by atomic mass is 9.87. The predicted octanol–water partition coefficient (Wildman–Crippen LogP) is 4.64. The number of carbonyl (C=O) groups is 1. The van der Waals surface area contributed by atoms with Crippen LogP contribution in [-0.2, 0) is 20.2 Å². The van der Waals surface area contributed by atoms with Crippen molar-refractivity contribution >= 4 is 44.8 Å². The summed E-state index contributed by atoms with van der Waals surface area (Å²) in [5.74, 6) is 0.231. The van der Waals surface area contributed by atoms with E-state index in [4.69, 9.17) is 27.9 Å². The van der Waals surface area contributed by atoms with Crippen molar-refractivity contribution in [1.29, 1.82) is 0 Å². The Morgan fingerprint density at radius 2 is 1.65 bits per heavy atom. The van der Waals surface area contributed by atoms with E-state index in [0.717, 1.165) is 10.6 Å². The number of hydrogen-bond acceptors (Lipinski definition) is 4. The monoisotopic (exact) mass is 486 g/mol. The summed E-state index contributed by atoms with van der Waals surface area (Å²) in [4.78, 5) is 12.6. The highest BCUT2D eigenvalue weighted by Gasteiger charge is 2.29. The third-order valence-electron chi connectivity index (χ3n) is 4.58. The summed E-state index contributed by atoms with van der Waals surface area (Å²) in [6.45, 7) is 8.37. The van der Waals surface area contributed by atoms with Crippen LogP contribution in [0.3, 0.4) is 0 Å². The average molecular weight is 487 g/mol. The highest BCUT2D eigenvalue weighted by atomic mass is 35.5. The first-order valence-corrected chi connectivity index (χ1v) is 12.4. The van der Waals surface area contributed by atoms with Crippen LogP contribution in [-0.4, -0.2) is 39.8 Å². The molecule has 0 saturated carbocycles. The third-order valence-corrected chi connectivity index (χ3v) is 6.26. The van der Waals surface area contributed by atoms with Crippen LogP contribution in [0.15, 0.2) is 42.5 Å².